The van der Waals surface area contributed by atoms with Gasteiger partial charge in [0.15, 0.2) is 17.5 Å². The van der Waals surface area contributed by atoms with E-state index in [0.717, 1.165) is 77.5 Å². The molecule has 0 saturated carbocycles. The Morgan fingerprint density at radius 2 is 0.956 bits per heavy atom. The molecule has 0 fully saturated rings. The summed E-state index contributed by atoms with van der Waals surface area (Å²) in [5.74, 6) is 1.70. The van der Waals surface area contributed by atoms with E-state index in [1.54, 1.807) is 11.3 Å². The lowest BCUT2D eigenvalue weighted by Gasteiger charge is -2.13. The van der Waals surface area contributed by atoms with Crippen molar-refractivity contribution in [2.24, 2.45) is 0 Å². The van der Waals surface area contributed by atoms with Crippen molar-refractivity contribution in [1.29, 1.82) is 0 Å². The summed E-state index contributed by atoms with van der Waals surface area (Å²) in [5.41, 5.74) is 10.7. The second-order valence-electron chi connectivity index (χ2n) is 17.5. The zero-order valence-electron chi connectivity index (χ0n) is 36.3. The third-order valence-corrected chi connectivity index (χ3v) is 14.9. The van der Waals surface area contributed by atoms with E-state index in [-0.39, 0.29) is 0 Å². The summed E-state index contributed by atoms with van der Waals surface area (Å²) in [6, 6.07) is 75.5. The Bertz CT molecular complexity index is 4580. The normalized spacial score (nSPS) is 12.1. The van der Waals surface area contributed by atoms with Gasteiger partial charge in [-0.2, -0.15) is 0 Å². The quantitative estimate of drug-likeness (QED) is 0.173. The Balaban J connectivity index is 1.00. The summed E-state index contributed by atoms with van der Waals surface area (Å²) in [5, 5.41) is 11.6. The van der Waals surface area contributed by atoms with E-state index in [9.17, 15) is 0 Å². The van der Waals surface area contributed by atoms with Crippen LogP contribution < -0.4 is 0 Å². The minimum absolute atomic E-state index is 0.535. The highest BCUT2D eigenvalue weighted by Crippen LogP contribution is 2.44. The Labute approximate surface area is 392 Å². The largest absolute Gasteiger partial charge is 0.455 e. The fourth-order valence-corrected chi connectivity index (χ4v) is 11.8. The minimum atomic E-state index is 0.535. The van der Waals surface area contributed by atoms with Gasteiger partial charge >= 0.3 is 0 Å². The van der Waals surface area contributed by atoms with Crippen molar-refractivity contribution in [2.45, 2.75) is 0 Å². The summed E-state index contributed by atoms with van der Waals surface area (Å²) in [7, 11) is 0. The third-order valence-electron chi connectivity index (χ3n) is 13.7. The van der Waals surface area contributed by atoms with E-state index >= 15 is 0 Å². The first-order valence-electron chi connectivity index (χ1n) is 22.8. The molecule has 15 rings (SSSR count). The Morgan fingerprint density at radius 1 is 0.368 bits per heavy atom. The van der Waals surface area contributed by atoms with Crippen LogP contribution in [0.1, 0.15) is 0 Å². The fraction of sp³-hybridized carbons (Fsp3) is 0. The Hall–Kier alpha value is -8.91. The summed E-state index contributed by atoms with van der Waals surface area (Å²) >= 11 is 1.80. The van der Waals surface area contributed by atoms with E-state index in [1.165, 1.54) is 47.1 Å². The van der Waals surface area contributed by atoms with Gasteiger partial charge in [0.2, 0.25) is 0 Å². The van der Waals surface area contributed by atoms with Crippen LogP contribution in [0.15, 0.2) is 217 Å². The van der Waals surface area contributed by atoms with Crippen molar-refractivity contribution in [3.8, 4) is 45.5 Å². The highest BCUT2D eigenvalue weighted by atomic mass is 32.1. The molecule has 0 aliphatic carbocycles. The predicted molar refractivity (Wildman–Crippen MR) is 282 cm³/mol. The van der Waals surface area contributed by atoms with E-state index in [1.807, 2.05) is 12.1 Å². The number of hydrogen-bond acceptors (Lipinski definition) is 5. The van der Waals surface area contributed by atoms with Crippen molar-refractivity contribution in [2.75, 3.05) is 0 Å². The van der Waals surface area contributed by atoms with Crippen LogP contribution in [0, 0.1) is 0 Å². The maximum absolute atomic E-state index is 7.00. The average molecular weight is 886 g/mol. The SMILES string of the molecule is c1ccc(-n2c3ccccc3c3ccc(-c4nc(-c5ccc6sc7ccccc7c6c5)nc(-c5ccc(-n6c7ccccc7c7cc8ccccc8cc76)c6c5oc5ccccc56)n4)cc32)cc1. The molecule has 0 amide bonds. The molecule has 0 bridgehead atoms. The first kappa shape index (κ1) is 37.3. The topological polar surface area (TPSA) is 61.7 Å². The van der Waals surface area contributed by atoms with E-state index in [0.29, 0.717) is 17.5 Å². The highest BCUT2D eigenvalue weighted by molar-refractivity contribution is 7.25. The van der Waals surface area contributed by atoms with Crippen molar-refractivity contribution in [1.82, 2.24) is 24.1 Å². The van der Waals surface area contributed by atoms with E-state index < -0.39 is 0 Å². The number of aromatic nitrogens is 5. The molecule has 316 valence electrons. The molecule has 10 aromatic carbocycles. The maximum Gasteiger partial charge on any atom is 0.167 e. The average Bonchev–Trinajstić information content (AvgIpc) is 4.15. The van der Waals surface area contributed by atoms with Crippen molar-refractivity contribution in [3.05, 3.63) is 212 Å². The number of hydrogen-bond donors (Lipinski definition) is 0. The monoisotopic (exact) mass is 885 g/mol. The van der Waals surface area contributed by atoms with Gasteiger partial charge in [0, 0.05) is 63.9 Å². The predicted octanol–water partition coefficient (Wildman–Crippen LogP) is 16.5. The molecule has 0 aliphatic rings. The second kappa shape index (κ2) is 14.3. The van der Waals surface area contributed by atoms with Crippen LogP contribution in [0.3, 0.4) is 0 Å². The van der Waals surface area contributed by atoms with Gasteiger partial charge in [0.05, 0.1) is 38.7 Å². The van der Waals surface area contributed by atoms with Gasteiger partial charge in [0.25, 0.3) is 0 Å². The van der Waals surface area contributed by atoms with Crippen molar-refractivity contribution in [3.63, 3.8) is 0 Å². The molecule has 0 radical (unpaired) electrons. The van der Waals surface area contributed by atoms with Crippen LogP contribution in [0.2, 0.25) is 0 Å². The van der Waals surface area contributed by atoms with Gasteiger partial charge in [-0.15, -0.1) is 11.3 Å². The number of fused-ring (bicyclic) bond motifs is 13. The molecule has 0 spiro atoms. The van der Waals surface area contributed by atoms with Crippen LogP contribution >= 0.6 is 11.3 Å². The summed E-state index contributed by atoms with van der Waals surface area (Å²) in [6.07, 6.45) is 0. The molecular weight excluding hydrogens is 851 g/mol. The molecule has 6 nitrogen and oxygen atoms in total. The van der Waals surface area contributed by atoms with Crippen molar-refractivity contribution < 1.29 is 4.42 Å². The first-order chi connectivity index (χ1) is 33.7. The fourth-order valence-electron chi connectivity index (χ4n) is 10.7. The zero-order chi connectivity index (χ0) is 44.5. The molecule has 5 aromatic heterocycles. The molecule has 0 atom stereocenters. The molecule has 0 unspecified atom stereocenters. The Kier molecular flexibility index (Phi) is 7.85. The number of benzene rings is 10. The van der Waals surface area contributed by atoms with Crippen LogP contribution in [0.4, 0.5) is 0 Å². The van der Waals surface area contributed by atoms with E-state index in [2.05, 4.69) is 209 Å². The van der Waals surface area contributed by atoms with Crippen LogP contribution in [0.5, 0.6) is 0 Å². The van der Waals surface area contributed by atoms with Crippen molar-refractivity contribution >= 4 is 108 Å². The van der Waals surface area contributed by atoms with Gasteiger partial charge in [0.1, 0.15) is 11.2 Å². The summed E-state index contributed by atoms with van der Waals surface area (Å²) in [4.78, 5) is 16.1. The second-order valence-corrected chi connectivity index (χ2v) is 18.6. The molecular formula is C61H35N5OS. The van der Waals surface area contributed by atoms with Crippen LogP contribution in [-0.2, 0) is 0 Å². The molecule has 0 saturated heterocycles. The van der Waals surface area contributed by atoms with Gasteiger partial charge in [-0.1, -0.05) is 127 Å². The van der Waals surface area contributed by atoms with Gasteiger partial charge in [-0.25, -0.2) is 15.0 Å². The highest BCUT2D eigenvalue weighted by Gasteiger charge is 2.24. The smallest absolute Gasteiger partial charge is 0.167 e. The minimum Gasteiger partial charge on any atom is -0.455 e. The Morgan fingerprint density at radius 3 is 1.78 bits per heavy atom. The number of nitrogens with zero attached hydrogens (tertiary/aromatic N) is 5. The molecule has 7 heteroatoms. The number of thiophene rings is 1. The standard InChI is InChI=1S/C61H35N5OS/c1-2-16-40(17-3-1)65-49-22-10-6-18-41(49)43-28-26-39(35-52(43)65)60-62-59(38-27-31-56-48(33-38)44-20-9-13-25-55(44)68-56)63-61(64-60)46-29-30-51(57-45-21-8-12-24-54(45)67-58(46)57)66-50-23-11-7-19-42(50)47-32-36-14-4-5-15-37(36)34-53(47)66/h1-35H. The number of para-hydroxylation sites is 4. The zero-order valence-corrected chi connectivity index (χ0v) is 37.1. The lowest BCUT2D eigenvalue weighted by molar-refractivity contribution is 0.669. The van der Waals surface area contributed by atoms with Crippen LogP contribution in [0.25, 0.3) is 142 Å². The van der Waals surface area contributed by atoms with E-state index in [4.69, 9.17) is 19.4 Å². The number of furan rings is 1. The molecule has 15 aromatic rings. The third kappa shape index (κ3) is 5.48. The summed E-state index contributed by atoms with van der Waals surface area (Å²) < 4.78 is 14.2. The van der Waals surface area contributed by atoms with Gasteiger partial charge < -0.3 is 13.6 Å². The lowest BCUT2D eigenvalue weighted by atomic mass is 10.0. The number of rotatable bonds is 5. The maximum atomic E-state index is 7.00. The lowest BCUT2D eigenvalue weighted by Crippen LogP contribution is -2.01. The van der Waals surface area contributed by atoms with Gasteiger partial charge in [-0.05, 0) is 95.7 Å². The molecule has 68 heavy (non-hydrogen) atoms. The van der Waals surface area contributed by atoms with Gasteiger partial charge in [-0.3, -0.25) is 0 Å². The van der Waals surface area contributed by atoms with Crippen LogP contribution in [-0.4, -0.2) is 24.1 Å². The first-order valence-corrected chi connectivity index (χ1v) is 23.7. The molecule has 0 aliphatic heterocycles. The molecule has 0 N–H and O–H groups in total. The summed E-state index contributed by atoms with van der Waals surface area (Å²) in [6.45, 7) is 0. The molecule has 5 heterocycles.